The zero-order chi connectivity index (χ0) is 12.8. The lowest BCUT2D eigenvalue weighted by molar-refractivity contribution is -0.154. The second kappa shape index (κ2) is 7.27. The molecular formula is C10H16Br2O4. The van der Waals surface area contributed by atoms with Crippen LogP contribution in [0.5, 0.6) is 0 Å². The zero-order valence-electron chi connectivity index (χ0n) is 9.33. The van der Waals surface area contributed by atoms with Crippen LogP contribution in [0.1, 0.15) is 39.5 Å². The number of hydrogen-bond donors (Lipinski definition) is 1. The van der Waals surface area contributed by atoms with Crippen LogP contribution < -0.4 is 0 Å². The van der Waals surface area contributed by atoms with Crippen LogP contribution in [0.2, 0.25) is 0 Å². The fraction of sp³-hybridized carbons (Fsp3) is 0.800. The lowest BCUT2D eigenvalue weighted by Gasteiger charge is -2.18. The highest BCUT2D eigenvalue weighted by molar-refractivity contribution is 9.26. The van der Waals surface area contributed by atoms with Gasteiger partial charge in [-0.25, -0.2) is 9.59 Å². The first-order valence-corrected chi connectivity index (χ1v) is 6.73. The molecule has 16 heavy (non-hydrogen) atoms. The topological polar surface area (TPSA) is 63.6 Å². The lowest BCUT2D eigenvalue weighted by atomic mass is 10.1. The second-order valence-corrected chi connectivity index (χ2v) is 7.03. The summed E-state index contributed by atoms with van der Waals surface area (Å²) in [5.41, 5.74) is 0. The largest absolute Gasteiger partial charge is 0.479 e. The molecule has 4 nitrogen and oxygen atoms in total. The number of esters is 1. The SMILES string of the molecule is CCCCCC(C)OC(=O)C(Br)(Br)C(=O)O. The summed E-state index contributed by atoms with van der Waals surface area (Å²) in [6.45, 7) is 3.84. The van der Waals surface area contributed by atoms with Crippen molar-refractivity contribution in [1.29, 1.82) is 0 Å². The maximum atomic E-state index is 11.5. The predicted molar refractivity (Wildman–Crippen MR) is 67.9 cm³/mol. The van der Waals surface area contributed by atoms with E-state index in [1.165, 1.54) is 0 Å². The molecule has 0 rings (SSSR count). The van der Waals surface area contributed by atoms with Crippen molar-refractivity contribution in [3.63, 3.8) is 0 Å². The van der Waals surface area contributed by atoms with Crippen molar-refractivity contribution in [2.24, 2.45) is 0 Å². The van der Waals surface area contributed by atoms with Crippen molar-refractivity contribution in [1.82, 2.24) is 0 Å². The van der Waals surface area contributed by atoms with E-state index < -0.39 is 15.2 Å². The molecule has 1 unspecified atom stereocenters. The number of hydrogen-bond acceptors (Lipinski definition) is 3. The Balaban J connectivity index is 4.09. The van der Waals surface area contributed by atoms with Crippen LogP contribution in [0.4, 0.5) is 0 Å². The first-order chi connectivity index (χ1) is 7.32. The maximum Gasteiger partial charge on any atom is 0.345 e. The van der Waals surface area contributed by atoms with Gasteiger partial charge >= 0.3 is 11.9 Å². The van der Waals surface area contributed by atoms with Gasteiger partial charge in [0.2, 0.25) is 0 Å². The number of rotatable bonds is 7. The zero-order valence-corrected chi connectivity index (χ0v) is 12.5. The maximum absolute atomic E-state index is 11.5. The van der Waals surface area contributed by atoms with E-state index in [0.717, 1.165) is 25.7 Å². The monoisotopic (exact) mass is 358 g/mol. The molecule has 0 radical (unpaired) electrons. The van der Waals surface area contributed by atoms with Crippen LogP contribution in [0.25, 0.3) is 0 Å². The Morgan fingerprint density at radius 2 is 1.94 bits per heavy atom. The summed E-state index contributed by atoms with van der Waals surface area (Å²) in [5, 5.41) is 8.74. The molecule has 0 bridgehead atoms. The molecule has 0 aromatic rings. The molecule has 0 fully saturated rings. The Kier molecular flexibility index (Phi) is 7.22. The minimum atomic E-state index is -1.83. The normalized spacial score (nSPS) is 13.2. The average molecular weight is 360 g/mol. The highest BCUT2D eigenvalue weighted by Gasteiger charge is 2.43. The third-order valence-corrected chi connectivity index (χ3v) is 3.37. The van der Waals surface area contributed by atoms with E-state index in [9.17, 15) is 9.59 Å². The third kappa shape index (κ3) is 5.30. The van der Waals surface area contributed by atoms with Gasteiger partial charge in [-0.2, -0.15) is 0 Å². The van der Waals surface area contributed by atoms with E-state index in [0.29, 0.717) is 0 Å². The number of carboxylic acid groups (broad SMARTS) is 1. The number of ether oxygens (including phenoxy) is 1. The van der Waals surface area contributed by atoms with Gasteiger partial charge in [-0.15, -0.1) is 0 Å². The Morgan fingerprint density at radius 1 is 1.38 bits per heavy atom. The average Bonchev–Trinajstić information content (AvgIpc) is 2.17. The minimum Gasteiger partial charge on any atom is -0.479 e. The van der Waals surface area contributed by atoms with Crippen molar-refractivity contribution in [2.45, 2.75) is 48.9 Å². The fourth-order valence-electron chi connectivity index (χ4n) is 1.08. The van der Waals surface area contributed by atoms with Gasteiger partial charge in [-0.05, 0) is 51.6 Å². The van der Waals surface area contributed by atoms with Gasteiger partial charge in [0.25, 0.3) is 3.23 Å². The second-order valence-electron chi connectivity index (χ2n) is 3.59. The van der Waals surface area contributed by atoms with Crippen molar-refractivity contribution < 1.29 is 19.4 Å². The van der Waals surface area contributed by atoms with Crippen LogP contribution in [-0.4, -0.2) is 26.4 Å². The molecule has 0 amide bonds. The molecule has 1 N–H and O–H groups in total. The number of carbonyl (C=O) groups excluding carboxylic acids is 1. The highest BCUT2D eigenvalue weighted by Crippen LogP contribution is 2.29. The van der Waals surface area contributed by atoms with Gasteiger partial charge < -0.3 is 9.84 Å². The predicted octanol–water partition coefficient (Wildman–Crippen LogP) is 3.07. The van der Waals surface area contributed by atoms with Gasteiger partial charge in [0.05, 0.1) is 6.10 Å². The first-order valence-electron chi connectivity index (χ1n) is 5.14. The number of carboxylic acids is 1. The Morgan fingerprint density at radius 3 is 2.38 bits per heavy atom. The smallest absolute Gasteiger partial charge is 0.345 e. The molecule has 0 aliphatic carbocycles. The van der Waals surface area contributed by atoms with Gasteiger partial charge in [0.1, 0.15) is 0 Å². The minimum absolute atomic E-state index is 0.270. The van der Waals surface area contributed by atoms with Crippen molar-refractivity contribution in [3.05, 3.63) is 0 Å². The summed E-state index contributed by atoms with van der Waals surface area (Å²) < 4.78 is 3.18. The first kappa shape index (κ1) is 15.9. The highest BCUT2D eigenvalue weighted by atomic mass is 79.9. The fourth-order valence-corrected chi connectivity index (χ4v) is 1.27. The van der Waals surface area contributed by atoms with E-state index in [1.54, 1.807) is 6.92 Å². The summed E-state index contributed by atoms with van der Waals surface area (Å²) >= 11 is 5.53. The molecule has 1 atom stereocenters. The third-order valence-electron chi connectivity index (χ3n) is 2.05. The van der Waals surface area contributed by atoms with Crippen LogP contribution >= 0.6 is 31.9 Å². The molecule has 0 heterocycles. The van der Waals surface area contributed by atoms with Crippen LogP contribution in [-0.2, 0) is 14.3 Å². The summed E-state index contributed by atoms with van der Waals surface area (Å²) in [6.07, 6.45) is 3.61. The van der Waals surface area contributed by atoms with Gasteiger partial charge in [-0.3, -0.25) is 0 Å². The Hall–Kier alpha value is -0.100. The van der Waals surface area contributed by atoms with Crippen LogP contribution in [0.15, 0.2) is 0 Å². The Labute approximate surface area is 112 Å². The van der Waals surface area contributed by atoms with Gasteiger partial charge in [-0.1, -0.05) is 19.8 Å². The van der Waals surface area contributed by atoms with Gasteiger partial charge in [0, 0.05) is 0 Å². The summed E-state index contributed by atoms with van der Waals surface area (Å²) in [6, 6.07) is 0. The lowest BCUT2D eigenvalue weighted by Crippen LogP contribution is -2.37. The number of carbonyl (C=O) groups is 2. The van der Waals surface area contributed by atoms with E-state index >= 15 is 0 Å². The van der Waals surface area contributed by atoms with Crippen LogP contribution in [0.3, 0.4) is 0 Å². The van der Waals surface area contributed by atoms with E-state index in [2.05, 4.69) is 38.8 Å². The molecule has 0 aromatic heterocycles. The van der Waals surface area contributed by atoms with Crippen molar-refractivity contribution in [2.75, 3.05) is 0 Å². The number of aliphatic carboxylic acids is 1. The molecule has 6 heteroatoms. The van der Waals surface area contributed by atoms with E-state index in [4.69, 9.17) is 9.84 Å². The molecule has 0 aliphatic heterocycles. The van der Waals surface area contributed by atoms with E-state index in [-0.39, 0.29) is 6.10 Å². The quantitative estimate of drug-likeness (QED) is 0.328. The molecule has 94 valence electrons. The van der Waals surface area contributed by atoms with Crippen molar-refractivity contribution >= 4 is 43.8 Å². The van der Waals surface area contributed by atoms with Crippen molar-refractivity contribution in [3.8, 4) is 0 Å². The molecular weight excluding hydrogens is 344 g/mol. The number of halogens is 2. The Bertz CT molecular complexity index is 253. The summed E-state index contributed by atoms with van der Waals surface area (Å²) in [5.74, 6) is -2.15. The van der Waals surface area contributed by atoms with Gasteiger partial charge in [0.15, 0.2) is 0 Å². The molecule has 0 aromatic carbocycles. The number of unbranched alkanes of at least 4 members (excludes halogenated alkanes) is 2. The van der Waals surface area contributed by atoms with Crippen LogP contribution in [0, 0.1) is 0 Å². The van der Waals surface area contributed by atoms with E-state index in [1.807, 2.05) is 0 Å². The standard InChI is InChI=1S/C10H16Br2O4/c1-3-4-5-6-7(2)16-9(15)10(11,12)8(13)14/h7H,3-6H2,1-2H3,(H,13,14). The molecule has 0 spiro atoms. The summed E-state index contributed by atoms with van der Waals surface area (Å²) in [4.78, 5) is 22.2. The number of alkyl halides is 2. The summed E-state index contributed by atoms with van der Waals surface area (Å²) in [7, 11) is 0. The molecule has 0 saturated heterocycles. The molecule has 0 saturated carbocycles. The molecule has 0 aliphatic rings.